The van der Waals surface area contributed by atoms with Crippen LogP contribution < -0.4 is 0 Å². The van der Waals surface area contributed by atoms with Gasteiger partial charge in [0.25, 0.3) is 0 Å². The minimum Gasteiger partial charge on any atom is -0.462 e. The van der Waals surface area contributed by atoms with E-state index in [1.165, 1.54) is 44.9 Å². The Morgan fingerprint density at radius 3 is 1.54 bits per heavy atom. The molecule has 0 bridgehead atoms. The number of carbonyl (C=O) groups is 2. The van der Waals surface area contributed by atoms with Crippen molar-refractivity contribution in [1.82, 2.24) is 0 Å². The molecule has 15 heteroatoms. The van der Waals surface area contributed by atoms with Crippen molar-refractivity contribution in [1.29, 1.82) is 0 Å². The Bertz CT molecular complexity index is 1060. The first kappa shape index (κ1) is 51.4. The zero-order valence-electron chi connectivity index (χ0n) is 34.6. The number of ether oxygens (including phenoxy) is 6. The number of allylic oxidation sites excluding steroid dienone is 2. The van der Waals surface area contributed by atoms with Crippen molar-refractivity contribution in [2.75, 3.05) is 26.4 Å². The average molecular weight is 821 g/mol. The van der Waals surface area contributed by atoms with Crippen LogP contribution in [0.1, 0.15) is 149 Å². The van der Waals surface area contributed by atoms with Gasteiger partial charge in [0.15, 0.2) is 18.7 Å². The van der Waals surface area contributed by atoms with E-state index in [1.54, 1.807) is 0 Å². The molecule has 2 saturated heterocycles. The van der Waals surface area contributed by atoms with Crippen LogP contribution in [-0.2, 0) is 38.0 Å². The predicted molar refractivity (Wildman–Crippen MR) is 211 cm³/mol. The second-order valence-corrected chi connectivity index (χ2v) is 15.5. The number of hydrogen-bond acceptors (Lipinski definition) is 15. The number of aliphatic hydroxyl groups is 7. The maximum absolute atomic E-state index is 12.9. The minimum absolute atomic E-state index is 0.158. The molecule has 0 spiro atoms. The van der Waals surface area contributed by atoms with Crippen LogP contribution in [0.2, 0.25) is 0 Å². The largest absolute Gasteiger partial charge is 0.462 e. The van der Waals surface area contributed by atoms with Crippen LogP contribution in [0.25, 0.3) is 0 Å². The van der Waals surface area contributed by atoms with E-state index in [0.29, 0.717) is 12.8 Å². The zero-order chi connectivity index (χ0) is 41.8. The molecule has 2 rings (SSSR count). The highest BCUT2D eigenvalue weighted by Gasteiger charge is 2.47. The Morgan fingerprint density at radius 2 is 1.00 bits per heavy atom. The molecule has 0 radical (unpaired) electrons. The lowest BCUT2D eigenvalue weighted by atomic mass is 9.98. The van der Waals surface area contributed by atoms with Crippen molar-refractivity contribution in [3.63, 3.8) is 0 Å². The lowest BCUT2D eigenvalue weighted by Gasteiger charge is -2.42. The Kier molecular flexibility index (Phi) is 28.1. The molecule has 0 aliphatic carbocycles. The van der Waals surface area contributed by atoms with Gasteiger partial charge < -0.3 is 64.2 Å². The molecule has 4 unspecified atom stereocenters. The number of hydrogen-bond donors (Lipinski definition) is 7. The smallest absolute Gasteiger partial charge is 0.306 e. The van der Waals surface area contributed by atoms with E-state index in [1.807, 2.05) is 0 Å². The highest BCUT2D eigenvalue weighted by Crippen LogP contribution is 2.26. The maximum Gasteiger partial charge on any atom is 0.306 e. The summed E-state index contributed by atoms with van der Waals surface area (Å²) in [5.74, 6) is -0.940. The van der Waals surface area contributed by atoms with Crippen LogP contribution in [0.5, 0.6) is 0 Å². The summed E-state index contributed by atoms with van der Waals surface area (Å²) in [5, 5.41) is 71.6. The third-order valence-corrected chi connectivity index (χ3v) is 10.5. The molecule has 2 fully saturated rings. The van der Waals surface area contributed by atoms with Gasteiger partial charge in [0.1, 0.15) is 55.4 Å². The molecule has 2 aliphatic rings. The van der Waals surface area contributed by atoms with E-state index in [0.717, 1.165) is 64.2 Å². The third kappa shape index (κ3) is 20.9. The van der Waals surface area contributed by atoms with Crippen LogP contribution in [0.15, 0.2) is 12.2 Å². The average Bonchev–Trinajstić information content (AvgIpc) is 3.20. The molecule has 0 amide bonds. The fourth-order valence-electron chi connectivity index (χ4n) is 6.80. The lowest BCUT2D eigenvalue weighted by Crippen LogP contribution is -2.61. The summed E-state index contributed by atoms with van der Waals surface area (Å²) in [5.41, 5.74) is 0. The first-order valence-electron chi connectivity index (χ1n) is 21.8. The van der Waals surface area contributed by atoms with Gasteiger partial charge >= 0.3 is 11.9 Å². The van der Waals surface area contributed by atoms with Gasteiger partial charge in [-0.3, -0.25) is 9.59 Å². The molecule has 0 aromatic carbocycles. The van der Waals surface area contributed by atoms with Crippen LogP contribution >= 0.6 is 0 Å². The summed E-state index contributed by atoms with van der Waals surface area (Å²) in [6, 6.07) is 0. The van der Waals surface area contributed by atoms with Crippen molar-refractivity contribution in [3.8, 4) is 0 Å². The molecule has 7 N–H and O–H groups in total. The summed E-state index contributed by atoms with van der Waals surface area (Å²) < 4.78 is 33.3. The van der Waals surface area contributed by atoms with Gasteiger partial charge in [-0.2, -0.15) is 0 Å². The molecule has 2 heterocycles. The number of esters is 2. The van der Waals surface area contributed by atoms with Crippen molar-refractivity contribution in [2.24, 2.45) is 0 Å². The summed E-state index contributed by atoms with van der Waals surface area (Å²) >= 11 is 0. The predicted octanol–water partition coefficient (Wildman–Crippen LogP) is 3.87. The van der Waals surface area contributed by atoms with E-state index in [-0.39, 0.29) is 26.1 Å². The Labute approximate surface area is 340 Å². The highest BCUT2D eigenvalue weighted by atomic mass is 16.7. The normalized spacial score (nSPS) is 28.4. The summed E-state index contributed by atoms with van der Waals surface area (Å²) in [6.07, 6.45) is 8.58. The van der Waals surface area contributed by atoms with Crippen LogP contribution in [0.4, 0.5) is 0 Å². The molecule has 11 atom stereocenters. The Balaban J connectivity index is 1.86. The highest BCUT2D eigenvalue weighted by molar-refractivity contribution is 5.70. The topological polar surface area (TPSA) is 231 Å². The van der Waals surface area contributed by atoms with Gasteiger partial charge in [0, 0.05) is 12.8 Å². The van der Waals surface area contributed by atoms with E-state index in [9.17, 15) is 45.3 Å². The number of rotatable bonds is 32. The summed E-state index contributed by atoms with van der Waals surface area (Å²) in [4.78, 5) is 25.4. The fraction of sp³-hybridized carbons (Fsp3) is 0.905. The fourth-order valence-corrected chi connectivity index (χ4v) is 6.80. The number of carbonyl (C=O) groups excluding carboxylic acids is 2. The molecule has 334 valence electrons. The monoisotopic (exact) mass is 821 g/mol. The summed E-state index contributed by atoms with van der Waals surface area (Å²) in [6.45, 7) is 2.49. The Morgan fingerprint density at radius 1 is 0.544 bits per heavy atom. The van der Waals surface area contributed by atoms with Gasteiger partial charge in [-0.15, -0.1) is 0 Å². The summed E-state index contributed by atoms with van der Waals surface area (Å²) in [7, 11) is 0. The zero-order valence-corrected chi connectivity index (χ0v) is 34.6. The first-order chi connectivity index (χ1) is 27.5. The maximum atomic E-state index is 12.9. The van der Waals surface area contributed by atoms with Gasteiger partial charge in [-0.1, -0.05) is 109 Å². The van der Waals surface area contributed by atoms with E-state index in [4.69, 9.17) is 28.4 Å². The Hall–Kier alpha value is -1.76. The van der Waals surface area contributed by atoms with E-state index < -0.39 is 92.7 Å². The van der Waals surface area contributed by atoms with Gasteiger partial charge in [0.05, 0.1) is 19.8 Å². The minimum atomic E-state index is -1.76. The second-order valence-electron chi connectivity index (χ2n) is 15.5. The van der Waals surface area contributed by atoms with Crippen molar-refractivity contribution < 1.29 is 73.8 Å². The van der Waals surface area contributed by atoms with Crippen LogP contribution in [0.3, 0.4) is 0 Å². The molecule has 0 aromatic rings. The van der Waals surface area contributed by atoms with Crippen LogP contribution in [-0.4, -0.2) is 142 Å². The molecular weight excluding hydrogens is 744 g/mol. The number of aliphatic hydroxyl groups excluding tert-OH is 7. The third-order valence-electron chi connectivity index (χ3n) is 10.5. The number of unbranched alkanes of at least 4 members (excludes halogenated alkanes) is 16. The SMILES string of the molecule is CCCCCCC/C=C/CCCCCCCC(=O)O[C@H](COC(=O)CCCCCCCCC)CO[C@@H]1O[C@H](CO[C@@H]2O[C@H](CO)[C@H](O)C(O)C2O)[C@H](O)C(O)C1O. The van der Waals surface area contributed by atoms with Gasteiger partial charge in [-0.05, 0) is 38.5 Å². The molecule has 57 heavy (non-hydrogen) atoms. The molecule has 0 aromatic heterocycles. The van der Waals surface area contributed by atoms with Gasteiger partial charge in [-0.25, -0.2) is 0 Å². The lowest BCUT2D eigenvalue weighted by molar-refractivity contribution is -0.332. The molecule has 0 saturated carbocycles. The molecule has 15 nitrogen and oxygen atoms in total. The standard InChI is InChI=1S/C42H76O15/c1-3-5-7-9-11-12-13-14-15-16-17-19-21-23-25-34(45)55-30(27-52-33(44)24-22-20-18-10-8-6-4-2)28-53-41-40(51)38(49)36(47)32(57-41)29-54-42-39(50)37(48)35(46)31(26-43)56-42/h13-14,30-32,35-43,46-51H,3-12,15-29H2,1-2H3/b14-13+/t30-,31-,32-,35+,36+,37?,38?,39?,40?,41-,42-/m1/s1. The molecular formula is C42H76O15. The van der Waals surface area contributed by atoms with Gasteiger partial charge in [0.2, 0.25) is 0 Å². The van der Waals surface area contributed by atoms with Crippen molar-refractivity contribution in [3.05, 3.63) is 12.2 Å². The molecule has 2 aliphatic heterocycles. The van der Waals surface area contributed by atoms with E-state index in [2.05, 4.69) is 26.0 Å². The van der Waals surface area contributed by atoms with Crippen LogP contribution in [0, 0.1) is 0 Å². The van der Waals surface area contributed by atoms with Crippen molar-refractivity contribution in [2.45, 2.75) is 216 Å². The first-order valence-corrected chi connectivity index (χ1v) is 21.8. The van der Waals surface area contributed by atoms with Crippen molar-refractivity contribution >= 4 is 11.9 Å². The second kappa shape index (κ2) is 31.2. The van der Waals surface area contributed by atoms with E-state index >= 15 is 0 Å². The quantitative estimate of drug-likeness (QED) is 0.0290.